The molecule has 1 saturated heterocycles. The van der Waals surface area contributed by atoms with Crippen LogP contribution in [0.2, 0.25) is 0 Å². The average molecular weight is 378 g/mol. The molecule has 114 valence electrons. The zero-order chi connectivity index (χ0) is 15.5. The predicted molar refractivity (Wildman–Crippen MR) is 94.4 cm³/mol. The summed E-state index contributed by atoms with van der Waals surface area (Å²) in [6.07, 6.45) is 0. The van der Waals surface area contributed by atoms with Gasteiger partial charge in [0.05, 0.1) is 12.4 Å². The molecule has 0 N–H and O–H groups in total. The lowest BCUT2D eigenvalue weighted by atomic mass is 10.2. The molecule has 3 nitrogen and oxygen atoms in total. The lowest BCUT2D eigenvalue weighted by Crippen LogP contribution is -2.27. The molecule has 22 heavy (non-hydrogen) atoms. The van der Waals surface area contributed by atoms with Gasteiger partial charge in [-0.3, -0.25) is 9.69 Å². The number of ether oxygens (including phenoxy) is 1. The van der Waals surface area contributed by atoms with E-state index in [0.717, 1.165) is 21.5 Å². The standard InChI is InChI=1S/C17H16BrNO2S/c1-2-21-15-8-6-14(7-9-15)19-16(20)11-22-17(19)12-4-3-5-13(18)10-12/h3-10,17H,2,11H2,1H3/t17-/m1/s1. The van der Waals surface area contributed by atoms with E-state index in [0.29, 0.717) is 12.4 Å². The molecule has 0 aliphatic carbocycles. The molecule has 0 unspecified atom stereocenters. The van der Waals surface area contributed by atoms with Crippen LogP contribution in [0.5, 0.6) is 5.75 Å². The van der Waals surface area contributed by atoms with Crippen LogP contribution in [-0.2, 0) is 4.79 Å². The van der Waals surface area contributed by atoms with Crippen LogP contribution in [0.15, 0.2) is 53.0 Å². The minimum atomic E-state index is 0.0166. The highest BCUT2D eigenvalue weighted by Crippen LogP contribution is 2.42. The smallest absolute Gasteiger partial charge is 0.238 e. The topological polar surface area (TPSA) is 29.5 Å². The molecule has 0 aromatic heterocycles. The summed E-state index contributed by atoms with van der Waals surface area (Å²) in [5.41, 5.74) is 2.03. The van der Waals surface area contributed by atoms with Crippen LogP contribution in [0, 0.1) is 0 Å². The summed E-state index contributed by atoms with van der Waals surface area (Å²) in [5, 5.41) is 0.0166. The van der Waals surface area contributed by atoms with Crippen LogP contribution in [0.3, 0.4) is 0 Å². The van der Waals surface area contributed by atoms with Gasteiger partial charge < -0.3 is 4.74 Å². The third-order valence-corrected chi connectivity index (χ3v) is 5.13. The number of carbonyl (C=O) groups is 1. The maximum absolute atomic E-state index is 12.3. The van der Waals surface area contributed by atoms with Crippen molar-refractivity contribution in [3.63, 3.8) is 0 Å². The van der Waals surface area contributed by atoms with E-state index in [2.05, 4.69) is 28.1 Å². The second-order valence-corrected chi connectivity index (χ2v) is 6.89. The zero-order valence-corrected chi connectivity index (χ0v) is 14.6. The Morgan fingerprint density at radius 2 is 2.05 bits per heavy atom. The Kier molecular flexibility index (Phi) is 4.74. The third-order valence-electron chi connectivity index (χ3n) is 3.43. The van der Waals surface area contributed by atoms with Gasteiger partial charge >= 0.3 is 0 Å². The van der Waals surface area contributed by atoms with Gasteiger partial charge in [-0.15, -0.1) is 11.8 Å². The molecule has 0 radical (unpaired) electrons. The summed E-state index contributed by atoms with van der Waals surface area (Å²) in [5.74, 6) is 1.47. The van der Waals surface area contributed by atoms with Crippen molar-refractivity contribution >= 4 is 39.3 Å². The largest absolute Gasteiger partial charge is 0.494 e. The highest BCUT2D eigenvalue weighted by atomic mass is 79.9. The van der Waals surface area contributed by atoms with Gasteiger partial charge in [-0.25, -0.2) is 0 Å². The molecule has 1 aliphatic rings. The predicted octanol–water partition coefficient (Wildman–Crippen LogP) is 4.63. The second-order valence-electron chi connectivity index (χ2n) is 4.91. The number of halogens is 1. The van der Waals surface area contributed by atoms with E-state index in [-0.39, 0.29) is 11.3 Å². The molecule has 1 aliphatic heterocycles. The van der Waals surface area contributed by atoms with Crippen molar-refractivity contribution in [2.24, 2.45) is 0 Å². The lowest BCUT2D eigenvalue weighted by molar-refractivity contribution is -0.115. The summed E-state index contributed by atoms with van der Waals surface area (Å²) in [7, 11) is 0. The molecular weight excluding hydrogens is 362 g/mol. The Morgan fingerprint density at radius 3 is 2.73 bits per heavy atom. The second kappa shape index (κ2) is 6.75. The van der Waals surface area contributed by atoms with Crippen molar-refractivity contribution in [3.8, 4) is 5.75 Å². The quantitative estimate of drug-likeness (QED) is 0.777. The Bertz CT molecular complexity index is 675. The molecule has 2 aromatic carbocycles. The molecule has 5 heteroatoms. The van der Waals surface area contributed by atoms with Crippen LogP contribution >= 0.6 is 27.7 Å². The van der Waals surface area contributed by atoms with Gasteiger partial charge in [0.1, 0.15) is 11.1 Å². The van der Waals surface area contributed by atoms with Gasteiger partial charge in [-0.1, -0.05) is 28.1 Å². The van der Waals surface area contributed by atoms with Gasteiger partial charge in [0.2, 0.25) is 5.91 Å². The molecule has 2 aromatic rings. The van der Waals surface area contributed by atoms with Crippen molar-refractivity contribution in [1.82, 2.24) is 0 Å². The molecule has 0 spiro atoms. The fraction of sp³-hybridized carbons (Fsp3) is 0.235. The lowest BCUT2D eigenvalue weighted by Gasteiger charge is -2.24. The van der Waals surface area contributed by atoms with Crippen molar-refractivity contribution in [1.29, 1.82) is 0 Å². The maximum atomic E-state index is 12.3. The van der Waals surface area contributed by atoms with Gasteiger partial charge in [0.25, 0.3) is 0 Å². The molecule has 1 fully saturated rings. The Morgan fingerprint density at radius 1 is 1.27 bits per heavy atom. The summed E-state index contributed by atoms with van der Waals surface area (Å²) >= 11 is 5.15. The van der Waals surface area contributed by atoms with Crippen molar-refractivity contribution in [2.45, 2.75) is 12.3 Å². The van der Waals surface area contributed by atoms with E-state index >= 15 is 0 Å². The highest BCUT2D eigenvalue weighted by molar-refractivity contribution is 9.10. The van der Waals surface area contributed by atoms with Gasteiger partial charge in [0, 0.05) is 10.2 Å². The molecule has 0 saturated carbocycles. The Balaban J connectivity index is 1.90. The molecule has 1 atom stereocenters. The maximum Gasteiger partial charge on any atom is 0.238 e. The summed E-state index contributed by atoms with van der Waals surface area (Å²) in [6.45, 7) is 2.59. The van der Waals surface area contributed by atoms with E-state index < -0.39 is 0 Å². The summed E-state index contributed by atoms with van der Waals surface area (Å²) in [4.78, 5) is 14.2. The van der Waals surface area contributed by atoms with Crippen molar-refractivity contribution in [2.75, 3.05) is 17.3 Å². The summed E-state index contributed by atoms with van der Waals surface area (Å²) < 4.78 is 6.49. The molecule has 1 amide bonds. The third kappa shape index (κ3) is 3.15. The van der Waals surface area contributed by atoms with Gasteiger partial charge in [0.15, 0.2) is 0 Å². The van der Waals surface area contributed by atoms with Crippen LogP contribution < -0.4 is 9.64 Å². The number of amides is 1. The fourth-order valence-electron chi connectivity index (χ4n) is 2.48. The first-order chi connectivity index (χ1) is 10.7. The number of thioether (sulfide) groups is 1. The number of hydrogen-bond acceptors (Lipinski definition) is 3. The molecule has 1 heterocycles. The molecular formula is C17H16BrNO2S. The van der Waals surface area contributed by atoms with Crippen LogP contribution in [-0.4, -0.2) is 18.3 Å². The monoisotopic (exact) mass is 377 g/mol. The minimum absolute atomic E-state index is 0.0166. The van der Waals surface area contributed by atoms with E-state index in [1.165, 1.54) is 0 Å². The number of benzene rings is 2. The van der Waals surface area contributed by atoms with E-state index in [9.17, 15) is 4.79 Å². The summed E-state index contributed by atoms with van der Waals surface area (Å²) in [6, 6.07) is 15.8. The van der Waals surface area contributed by atoms with Crippen molar-refractivity contribution < 1.29 is 9.53 Å². The average Bonchev–Trinajstić information content (AvgIpc) is 2.90. The normalized spacial score (nSPS) is 17.8. The first-order valence-corrected chi connectivity index (χ1v) is 8.95. The van der Waals surface area contributed by atoms with Crippen molar-refractivity contribution in [3.05, 3.63) is 58.6 Å². The van der Waals surface area contributed by atoms with Gasteiger partial charge in [-0.2, -0.15) is 0 Å². The molecule has 0 bridgehead atoms. The van der Waals surface area contributed by atoms with E-state index in [1.54, 1.807) is 11.8 Å². The highest BCUT2D eigenvalue weighted by Gasteiger charge is 2.34. The number of rotatable bonds is 4. The Hall–Kier alpha value is -1.46. The minimum Gasteiger partial charge on any atom is -0.494 e. The first-order valence-electron chi connectivity index (χ1n) is 7.11. The van der Waals surface area contributed by atoms with E-state index in [1.807, 2.05) is 48.2 Å². The number of carbonyl (C=O) groups excluding carboxylic acids is 1. The Labute approximate surface area is 142 Å². The number of anilines is 1. The SMILES string of the molecule is CCOc1ccc(N2C(=O)CS[C@@H]2c2cccc(Br)c2)cc1. The fourth-order valence-corrected chi connectivity index (χ4v) is 4.06. The van der Waals surface area contributed by atoms with Crippen LogP contribution in [0.4, 0.5) is 5.69 Å². The zero-order valence-electron chi connectivity index (χ0n) is 12.2. The van der Waals surface area contributed by atoms with Gasteiger partial charge in [-0.05, 0) is 48.9 Å². The van der Waals surface area contributed by atoms with E-state index in [4.69, 9.17) is 4.74 Å². The number of nitrogens with zero attached hydrogens (tertiary/aromatic N) is 1. The molecule has 3 rings (SSSR count). The van der Waals surface area contributed by atoms with Crippen LogP contribution in [0.25, 0.3) is 0 Å². The number of hydrogen-bond donors (Lipinski definition) is 0. The van der Waals surface area contributed by atoms with Crippen LogP contribution in [0.1, 0.15) is 17.9 Å². The first kappa shape index (κ1) is 15.4.